The Hall–Kier alpha value is -3.73. The largest absolute Gasteiger partial charge is 0.394 e. The Kier molecular flexibility index (Phi) is 56.4. The molecule has 0 aliphatic rings. The molecule has 70 heavy (non-hydrogen) atoms. The van der Waals surface area contributed by atoms with Crippen LogP contribution in [0.15, 0.2) is 146 Å². The molecule has 3 N–H and O–H groups in total. The molecular weight excluding hydrogens is 855 g/mol. The van der Waals surface area contributed by atoms with Gasteiger partial charge in [0.15, 0.2) is 0 Å². The van der Waals surface area contributed by atoms with Gasteiger partial charge < -0.3 is 15.5 Å². The van der Waals surface area contributed by atoms with E-state index in [9.17, 15) is 15.0 Å². The van der Waals surface area contributed by atoms with Crippen molar-refractivity contribution in [2.75, 3.05) is 6.61 Å². The summed E-state index contributed by atoms with van der Waals surface area (Å²) in [6, 6.07) is -0.651. The molecule has 0 aliphatic carbocycles. The lowest BCUT2D eigenvalue weighted by molar-refractivity contribution is -0.123. The second-order valence-corrected chi connectivity index (χ2v) is 19.0. The normalized spacial score (nSPS) is 13.9. The van der Waals surface area contributed by atoms with Crippen molar-refractivity contribution < 1.29 is 15.0 Å². The first-order valence-corrected chi connectivity index (χ1v) is 29.0. The molecule has 0 rings (SSSR count). The molecule has 0 heterocycles. The molecule has 0 aromatic heterocycles. The molecule has 0 aromatic rings. The third kappa shape index (κ3) is 55.2. The third-order valence-electron chi connectivity index (χ3n) is 12.3. The third-order valence-corrected chi connectivity index (χ3v) is 12.3. The first kappa shape index (κ1) is 66.3. The number of amides is 1. The van der Waals surface area contributed by atoms with Gasteiger partial charge in [-0.1, -0.05) is 275 Å². The lowest BCUT2D eigenvalue weighted by atomic mass is 10.0. The number of nitrogens with one attached hydrogen (secondary N) is 1. The Morgan fingerprint density at radius 1 is 0.357 bits per heavy atom. The Labute approximate surface area is 433 Å². The minimum absolute atomic E-state index is 0.0839. The predicted molar refractivity (Wildman–Crippen MR) is 312 cm³/mol. The number of aliphatic hydroxyl groups is 2. The van der Waals surface area contributed by atoms with Crippen LogP contribution in [0.3, 0.4) is 0 Å². The molecule has 0 spiro atoms. The maximum atomic E-state index is 12.5. The van der Waals surface area contributed by atoms with E-state index in [1.807, 2.05) is 6.08 Å². The minimum Gasteiger partial charge on any atom is -0.394 e. The molecule has 0 fully saturated rings. The predicted octanol–water partition coefficient (Wildman–Crippen LogP) is 19.6. The lowest BCUT2D eigenvalue weighted by Crippen LogP contribution is -2.45. The average Bonchev–Trinajstić information content (AvgIpc) is 3.36. The zero-order valence-electron chi connectivity index (χ0n) is 45.5. The van der Waals surface area contributed by atoms with E-state index in [0.29, 0.717) is 6.42 Å². The molecule has 0 saturated heterocycles. The first-order valence-electron chi connectivity index (χ1n) is 29.0. The van der Waals surface area contributed by atoms with Crippen molar-refractivity contribution in [1.82, 2.24) is 5.32 Å². The number of carbonyl (C=O) groups excluding carboxylic acids is 1. The Balaban J connectivity index is 3.64. The number of carbonyl (C=O) groups is 1. The van der Waals surface area contributed by atoms with E-state index < -0.39 is 12.1 Å². The van der Waals surface area contributed by atoms with Crippen molar-refractivity contribution in [2.45, 2.75) is 257 Å². The van der Waals surface area contributed by atoms with Crippen molar-refractivity contribution >= 4 is 5.91 Å². The molecule has 0 radical (unpaired) electrons. The summed E-state index contributed by atoms with van der Waals surface area (Å²) < 4.78 is 0. The van der Waals surface area contributed by atoms with E-state index in [-0.39, 0.29) is 12.5 Å². The lowest BCUT2D eigenvalue weighted by Gasteiger charge is -2.19. The van der Waals surface area contributed by atoms with Gasteiger partial charge in [-0.25, -0.2) is 0 Å². The van der Waals surface area contributed by atoms with Crippen LogP contribution in [0.25, 0.3) is 0 Å². The summed E-state index contributed by atoms with van der Waals surface area (Å²) >= 11 is 0. The van der Waals surface area contributed by atoms with Gasteiger partial charge in [-0.05, 0) is 109 Å². The summed E-state index contributed by atoms with van der Waals surface area (Å²) in [6.07, 6.45) is 94.3. The van der Waals surface area contributed by atoms with Gasteiger partial charge in [0.1, 0.15) is 0 Å². The van der Waals surface area contributed by atoms with Crippen molar-refractivity contribution in [3.8, 4) is 0 Å². The van der Waals surface area contributed by atoms with Crippen LogP contribution in [0.1, 0.15) is 245 Å². The Morgan fingerprint density at radius 3 is 1.00 bits per heavy atom. The number of rotatable bonds is 51. The molecular formula is C66H109NO3. The maximum absolute atomic E-state index is 12.5. The fraction of sp³-hybridized carbons (Fsp3) is 0.621. The molecule has 2 atom stereocenters. The van der Waals surface area contributed by atoms with Gasteiger partial charge in [0, 0.05) is 6.42 Å². The summed E-state index contributed by atoms with van der Waals surface area (Å²) in [7, 11) is 0. The summed E-state index contributed by atoms with van der Waals surface area (Å²) in [5, 5.41) is 23.1. The van der Waals surface area contributed by atoms with Crippen LogP contribution in [0.4, 0.5) is 0 Å². The minimum atomic E-state index is -0.873. The van der Waals surface area contributed by atoms with Crippen molar-refractivity contribution in [3.63, 3.8) is 0 Å². The fourth-order valence-electron chi connectivity index (χ4n) is 7.93. The smallest absolute Gasteiger partial charge is 0.220 e. The van der Waals surface area contributed by atoms with E-state index in [4.69, 9.17) is 0 Å². The average molecular weight is 965 g/mol. The van der Waals surface area contributed by atoms with Crippen molar-refractivity contribution in [1.29, 1.82) is 0 Å². The number of aliphatic hydroxyl groups excluding tert-OH is 2. The molecule has 2 unspecified atom stereocenters. The second kappa shape index (κ2) is 59.6. The quantitative estimate of drug-likeness (QED) is 0.0420. The van der Waals surface area contributed by atoms with Gasteiger partial charge in [0.25, 0.3) is 0 Å². The van der Waals surface area contributed by atoms with Crippen LogP contribution >= 0.6 is 0 Å². The number of unbranched alkanes of at least 4 members (excludes halogenated alkanes) is 22. The number of hydrogen-bond donors (Lipinski definition) is 3. The first-order chi connectivity index (χ1) is 34.7. The van der Waals surface area contributed by atoms with E-state index in [1.54, 1.807) is 6.08 Å². The molecule has 0 aromatic carbocycles. The molecule has 0 bridgehead atoms. The van der Waals surface area contributed by atoms with E-state index >= 15 is 0 Å². The molecule has 4 nitrogen and oxygen atoms in total. The van der Waals surface area contributed by atoms with E-state index in [0.717, 1.165) is 103 Å². The van der Waals surface area contributed by atoms with Gasteiger partial charge >= 0.3 is 0 Å². The van der Waals surface area contributed by atoms with Crippen LogP contribution in [0, 0.1) is 0 Å². The molecule has 0 aliphatic heterocycles. The maximum Gasteiger partial charge on any atom is 0.220 e. The van der Waals surface area contributed by atoms with Gasteiger partial charge in [0.2, 0.25) is 5.91 Å². The highest BCUT2D eigenvalue weighted by atomic mass is 16.3. The van der Waals surface area contributed by atoms with Gasteiger partial charge in [-0.2, -0.15) is 0 Å². The summed E-state index contributed by atoms with van der Waals surface area (Å²) in [5.74, 6) is -0.0839. The number of allylic oxidation sites excluding steroid dienone is 23. The monoisotopic (exact) mass is 964 g/mol. The second-order valence-electron chi connectivity index (χ2n) is 19.0. The standard InChI is InChI=1S/C66H109NO3/c1-3-5-7-9-11-13-15-17-19-21-22-23-24-25-26-27-28-29-30-31-32-33-34-35-36-37-38-39-40-41-42-43-44-46-48-50-52-54-56-58-60-62-66(70)67-64(63-68)65(69)61-59-57-55-53-51-49-47-45-20-18-16-14-12-10-8-6-4-2/h5,7,11,13,17,19,22-23,25-26,28-29,31-32,34-35,37-38,40-41,51,53,59,61,64-65,68-69H,3-4,6,8-10,12,14-16,18,20-21,24,27,30,33,36,39,42-50,52,54-58,60,62-63H2,1-2H3,(H,67,70)/b7-5-,13-11-,19-17-,23-22-,26-25-,29-28-,32-31-,35-34-,38-37-,41-40-,53-51+,61-59+. The van der Waals surface area contributed by atoms with Crippen LogP contribution in [0.5, 0.6) is 0 Å². The van der Waals surface area contributed by atoms with Gasteiger partial charge in [-0.15, -0.1) is 0 Å². The van der Waals surface area contributed by atoms with E-state index in [1.165, 1.54) is 122 Å². The zero-order chi connectivity index (χ0) is 50.6. The Bertz CT molecular complexity index is 1470. The SMILES string of the molecule is CC/C=C\C/C=C\C/C=C\C/C=C\C/C=C\C/C=C\C/C=C\C/C=C\C/C=C\C/C=C\CCCCCCCCCCCCC(=O)NC(CO)C(O)/C=C/CC/C=C/CCCCCCCCCCCCC. The van der Waals surface area contributed by atoms with Crippen LogP contribution in [-0.4, -0.2) is 34.9 Å². The summed E-state index contributed by atoms with van der Waals surface area (Å²) in [5.41, 5.74) is 0. The molecule has 0 saturated carbocycles. The number of hydrogen-bond acceptors (Lipinski definition) is 3. The highest BCUT2D eigenvalue weighted by Crippen LogP contribution is 2.14. The van der Waals surface area contributed by atoms with Crippen molar-refractivity contribution in [3.05, 3.63) is 146 Å². The van der Waals surface area contributed by atoms with Gasteiger partial charge in [-0.3, -0.25) is 4.79 Å². The Morgan fingerprint density at radius 2 is 0.643 bits per heavy atom. The fourth-order valence-corrected chi connectivity index (χ4v) is 7.93. The summed E-state index contributed by atoms with van der Waals surface area (Å²) in [6.45, 7) is 4.18. The molecule has 1 amide bonds. The zero-order valence-corrected chi connectivity index (χ0v) is 45.5. The van der Waals surface area contributed by atoms with Crippen molar-refractivity contribution in [2.24, 2.45) is 0 Å². The highest BCUT2D eigenvalue weighted by Gasteiger charge is 2.17. The van der Waals surface area contributed by atoms with Gasteiger partial charge in [0.05, 0.1) is 18.8 Å². The van der Waals surface area contributed by atoms with Crippen LogP contribution < -0.4 is 5.32 Å². The topological polar surface area (TPSA) is 69.6 Å². The molecule has 396 valence electrons. The summed E-state index contributed by atoms with van der Waals surface area (Å²) in [4.78, 5) is 12.5. The molecule has 4 heteroatoms. The van der Waals surface area contributed by atoms with Crippen LogP contribution in [0.2, 0.25) is 0 Å². The van der Waals surface area contributed by atoms with E-state index in [2.05, 4.69) is 153 Å². The highest BCUT2D eigenvalue weighted by molar-refractivity contribution is 5.76. The van der Waals surface area contributed by atoms with Crippen LogP contribution in [-0.2, 0) is 4.79 Å².